The largest absolute Gasteiger partial charge is 0.363 e. The number of nitrogens with one attached hydrogen (secondary N) is 1. The SMILES string of the molecule is CC(Nc1ccc(S(=O)(=O)N2CCN(C)CC2)cn1)c1cnn(Cc2ccccc2)c1. The van der Waals surface area contributed by atoms with E-state index in [-0.39, 0.29) is 10.9 Å². The summed E-state index contributed by atoms with van der Waals surface area (Å²) in [6.07, 6.45) is 5.28. The molecular formula is C22H28N6O2S. The molecule has 164 valence electrons. The van der Waals surface area contributed by atoms with Gasteiger partial charge in [-0.1, -0.05) is 30.3 Å². The lowest BCUT2D eigenvalue weighted by atomic mass is 10.2. The average Bonchev–Trinajstić information content (AvgIpc) is 3.24. The Hall–Kier alpha value is -2.75. The van der Waals surface area contributed by atoms with E-state index in [1.54, 1.807) is 12.1 Å². The monoisotopic (exact) mass is 440 g/mol. The van der Waals surface area contributed by atoms with Gasteiger partial charge in [0.25, 0.3) is 0 Å². The van der Waals surface area contributed by atoms with Crippen LogP contribution in [0.4, 0.5) is 5.82 Å². The van der Waals surface area contributed by atoms with E-state index >= 15 is 0 Å². The van der Waals surface area contributed by atoms with Crippen LogP contribution in [0.3, 0.4) is 0 Å². The highest BCUT2D eigenvalue weighted by atomic mass is 32.2. The Kier molecular flexibility index (Phi) is 6.35. The third kappa shape index (κ3) is 5.12. The van der Waals surface area contributed by atoms with E-state index in [9.17, 15) is 8.42 Å². The number of pyridine rings is 1. The minimum Gasteiger partial charge on any atom is -0.363 e. The van der Waals surface area contributed by atoms with Crippen LogP contribution in [0, 0.1) is 0 Å². The van der Waals surface area contributed by atoms with Crippen molar-refractivity contribution >= 4 is 15.8 Å². The average molecular weight is 441 g/mol. The molecule has 0 saturated carbocycles. The summed E-state index contributed by atoms with van der Waals surface area (Å²) in [7, 11) is -1.51. The van der Waals surface area contributed by atoms with E-state index < -0.39 is 10.0 Å². The first-order valence-electron chi connectivity index (χ1n) is 10.4. The number of aromatic nitrogens is 3. The first kappa shape index (κ1) is 21.5. The predicted molar refractivity (Wildman–Crippen MR) is 120 cm³/mol. The molecule has 3 heterocycles. The number of hydrogen-bond acceptors (Lipinski definition) is 6. The van der Waals surface area contributed by atoms with Crippen LogP contribution < -0.4 is 5.32 Å². The molecule has 0 spiro atoms. The molecule has 1 unspecified atom stereocenters. The Morgan fingerprint density at radius 3 is 2.45 bits per heavy atom. The summed E-state index contributed by atoms with van der Waals surface area (Å²) in [5.41, 5.74) is 2.23. The minimum absolute atomic E-state index is 0.0166. The standard InChI is InChI=1S/C22H28N6O2S/c1-18(20-14-24-27(17-20)16-19-6-4-3-5-7-19)25-22-9-8-21(15-23-22)31(29,30)28-12-10-26(2)11-13-28/h3-9,14-15,17-18H,10-13,16H2,1-2H3,(H,23,25). The van der Waals surface area contributed by atoms with Crippen molar-refractivity contribution < 1.29 is 8.42 Å². The fourth-order valence-corrected chi connectivity index (χ4v) is 4.93. The Labute approximate surface area is 183 Å². The molecule has 1 saturated heterocycles. The fourth-order valence-electron chi connectivity index (χ4n) is 3.56. The molecule has 1 aliphatic rings. The van der Waals surface area contributed by atoms with Gasteiger partial charge in [0.2, 0.25) is 10.0 Å². The van der Waals surface area contributed by atoms with Crippen molar-refractivity contribution in [2.24, 2.45) is 0 Å². The third-order valence-electron chi connectivity index (χ3n) is 5.54. The quantitative estimate of drug-likeness (QED) is 0.608. The molecule has 0 radical (unpaired) electrons. The van der Waals surface area contributed by atoms with Crippen molar-refractivity contribution in [3.63, 3.8) is 0 Å². The van der Waals surface area contributed by atoms with Crippen LogP contribution >= 0.6 is 0 Å². The molecule has 1 atom stereocenters. The fraction of sp³-hybridized carbons (Fsp3) is 0.364. The molecule has 1 fully saturated rings. The summed E-state index contributed by atoms with van der Waals surface area (Å²) < 4.78 is 29.1. The second kappa shape index (κ2) is 9.17. The number of nitrogens with zero attached hydrogens (tertiary/aromatic N) is 5. The molecule has 0 aliphatic carbocycles. The van der Waals surface area contributed by atoms with E-state index in [4.69, 9.17) is 0 Å². The number of sulfonamides is 1. The van der Waals surface area contributed by atoms with Crippen LogP contribution in [0.1, 0.15) is 24.1 Å². The van der Waals surface area contributed by atoms with Crippen LogP contribution in [0.2, 0.25) is 0 Å². The Morgan fingerprint density at radius 1 is 1.03 bits per heavy atom. The summed E-state index contributed by atoms with van der Waals surface area (Å²) in [5.74, 6) is 0.626. The number of likely N-dealkylation sites (N-methyl/N-ethyl adjacent to an activating group) is 1. The smallest absolute Gasteiger partial charge is 0.244 e. The molecule has 9 heteroatoms. The molecule has 0 bridgehead atoms. The van der Waals surface area contributed by atoms with Gasteiger partial charge >= 0.3 is 0 Å². The number of benzene rings is 1. The molecule has 1 N–H and O–H groups in total. The van der Waals surface area contributed by atoms with E-state index in [1.165, 1.54) is 16.1 Å². The summed E-state index contributed by atoms with van der Waals surface area (Å²) in [5, 5.41) is 7.77. The topological polar surface area (TPSA) is 83.4 Å². The predicted octanol–water partition coefficient (Wildman–Crippen LogP) is 2.44. The highest BCUT2D eigenvalue weighted by molar-refractivity contribution is 7.89. The van der Waals surface area contributed by atoms with E-state index in [0.29, 0.717) is 25.5 Å². The Balaban J connectivity index is 1.39. The van der Waals surface area contributed by atoms with Crippen molar-refractivity contribution in [3.05, 3.63) is 72.2 Å². The minimum atomic E-state index is -3.51. The Bertz CT molecular complexity index is 1090. The summed E-state index contributed by atoms with van der Waals surface area (Å²) in [4.78, 5) is 6.69. The first-order valence-corrected chi connectivity index (χ1v) is 11.8. The zero-order chi connectivity index (χ0) is 21.8. The molecule has 3 aromatic rings. The number of rotatable bonds is 7. The van der Waals surface area contributed by atoms with Crippen molar-refractivity contribution in [2.75, 3.05) is 38.5 Å². The van der Waals surface area contributed by atoms with Crippen molar-refractivity contribution in [1.29, 1.82) is 0 Å². The molecule has 2 aromatic heterocycles. The number of piperazine rings is 1. The molecule has 1 aliphatic heterocycles. The zero-order valence-corrected chi connectivity index (χ0v) is 18.7. The highest BCUT2D eigenvalue weighted by Crippen LogP contribution is 2.21. The van der Waals surface area contributed by atoms with Crippen LogP contribution in [0.15, 0.2) is 66.0 Å². The maximum atomic E-state index is 12.8. The van der Waals surface area contributed by atoms with Crippen molar-refractivity contribution in [3.8, 4) is 0 Å². The summed E-state index contributed by atoms with van der Waals surface area (Å²) in [6, 6.07) is 13.5. The molecular weight excluding hydrogens is 412 g/mol. The van der Waals surface area contributed by atoms with Crippen molar-refractivity contribution in [2.45, 2.75) is 24.4 Å². The maximum Gasteiger partial charge on any atom is 0.244 e. The number of anilines is 1. The molecule has 0 amide bonds. The van der Waals surface area contributed by atoms with Gasteiger partial charge in [-0.3, -0.25) is 4.68 Å². The second-order valence-corrected chi connectivity index (χ2v) is 9.85. The highest BCUT2D eigenvalue weighted by Gasteiger charge is 2.27. The van der Waals surface area contributed by atoms with Crippen LogP contribution in [-0.2, 0) is 16.6 Å². The van der Waals surface area contributed by atoms with E-state index in [0.717, 1.165) is 18.7 Å². The van der Waals surface area contributed by atoms with Gasteiger partial charge in [0.1, 0.15) is 10.7 Å². The lowest BCUT2D eigenvalue weighted by molar-refractivity contribution is 0.222. The van der Waals surface area contributed by atoms with Crippen LogP contribution in [-0.4, -0.2) is 65.6 Å². The van der Waals surface area contributed by atoms with Crippen molar-refractivity contribution in [1.82, 2.24) is 24.0 Å². The van der Waals surface area contributed by atoms with E-state index in [2.05, 4.69) is 32.4 Å². The van der Waals surface area contributed by atoms with Gasteiger partial charge in [0.15, 0.2) is 0 Å². The van der Waals surface area contributed by atoms with E-state index in [1.807, 2.05) is 49.2 Å². The van der Waals surface area contributed by atoms with Gasteiger partial charge < -0.3 is 10.2 Å². The molecule has 1 aromatic carbocycles. The summed E-state index contributed by atoms with van der Waals surface area (Å²) >= 11 is 0. The Morgan fingerprint density at radius 2 is 1.77 bits per heavy atom. The second-order valence-electron chi connectivity index (χ2n) is 7.91. The zero-order valence-electron chi connectivity index (χ0n) is 17.8. The lowest BCUT2D eigenvalue weighted by Gasteiger charge is -2.31. The van der Waals surface area contributed by atoms with Gasteiger partial charge in [-0.15, -0.1) is 0 Å². The van der Waals surface area contributed by atoms with Gasteiger partial charge in [-0.05, 0) is 31.7 Å². The van der Waals surface area contributed by atoms with Gasteiger partial charge in [-0.2, -0.15) is 9.40 Å². The first-order chi connectivity index (χ1) is 14.9. The summed E-state index contributed by atoms with van der Waals surface area (Å²) in [6.45, 7) is 5.22. The van der Waals surface area contributed by atoms with Gasteiger partial charge in [0, 0.05) is 44.1 Å². The van der Waals surface area contributed by atoms with Gasteiger partial charge in [0.05, 0.1) is 18.8 Å². The normalized spacial score (nSPS) is 16.8. The number of hydrogen-bond donors (Lipinski definition) is 1. The molecule has 4 rings (SSSR count). The third-order valence-corrected chi connectivity index (χ3v) is 7.42. The lowest BCUT2D eigenvalue weighted by Crippen LogP contribution is -2.47. The van der Waals surface area contributed by atoms with Gasteiger partial charge in [-0.25, -0.2) is 13.4 Å². The molecule has 8 nitrogen and oxygen atoms in total. The van der Waals surface area contributed by atoms with Crippen LogP contribution in [0.25, 0.3) is 0 Å². The van der Waals surface area contributed by atoms with Crippen LogP contribution in [0.5, 0.6) is 0 Å². The maximum absolute atomic E-state index is 12.8. The molecule has 31 heavy (non-hydrogen) atoms.